The standard InChI is InChI=1S/C17H30N2S/c1-2-6-14-7-9-15(10-8-14)18-16-19-17(13-20-16)11-4-3-5-12-17/h14-15H,2-13H2,1H3,(H,18,19). The third-order valence-corrected chi connectivity index (χ3v) is 6.66. The van der Waals surface area contributed by atoms with Crippen LogP contribution in [0.3, 0.4) is 0 Å². The molecule has 0 aromatic rings. The molecular weight excluding hydrogens is 264 g/mol. The Balaban J connectivity index is 1.50. The second-order valence-electron chi connectivity index (χ2n) is 7.15. The van der Waals surface area contributed by atoms with Crippen LogP contribution in [-0.2, 0) is 0 Å². The highest BCUT2D eigenvalue weighted by Crippen LogP contribution is 2.37. The first-order chi connectivity index (χ1) is 9.80. The fraction of sp³-hybridized carbons (Fsp3) is 0.941. The molecule has 0 radical (unpaired) electrons. The fourth-order valence-electron chi connectivity index (χ4n) is 4.21. The first-order valence-corrected chi connectivity index (χ1v) is 9.77. The van der Waals surface area contributed by atoms with E-state index in [0.29, 0.717) is 11.6 Å². The van der Waals surface area contributed by atoms with Gasteiger partial charge >= 0.3 is 0 Å². The molecule has 2 aliphatic carbocycles. The van der Waals surface area contributed by atoms with Gasteiger partial charge in [-0.25, -0.2) is 0 Å². The van der Waals surface area contributed by atoms with E-state index in [0.717, 1.165) is 5.92 Å². The molecule has 0 bridgehead atoms. The van der Waals surface area contributed by atoms with Crippen molar-refractivity contribution in [1.82, 2.24) is 5.32 Å². The van der Waals surface area contributed by atoms with Crippen molar-refractivity contribution in [2.45, 2.75) is 89.1 Å². The van der Waals surface area contributed by atoms with Crippen LogP contribution in [-0.4, -0.2) is 22.5 Å². The Bertz CT molecular complexity index is 339. The normalized spacial score (nSPS) is 35.4. The van der Waals surface area contributed by atoms with Crippen molar-refractivity contribution >= 4 is 16.9 Å². The average Bonchev–Trinajstić information content (AvgIpc) is 2.85. The summed E-state index contributed by atoms with van der Waals surface area (Å²) in [5.41, 5.74) is 0.418. The highest BCUT2D eigenvalue weighted by molar-refractivity contribution is 8.14. The van der Waals surface area contributed by atoms with Gasteiger partial charge in [-0.2, -0.15) is 0 Å². The van der Waals surface area contributed by atoms with Gasteiger partial charge in [-0.05, 0) is 44.4 Å². The van der Waals surface area contributed by atoms with Crippen molar-refractivity contribution < 1.29 is 0 Å². The lowest BCUT2D eigenvalue weighted by atomic mass is 9.83. The number of thioether (sulfide) groups is 1. The molecule has 1 N–H and O–H groups in total. The van der Waals surface area contributed by atoms with Crippen LogP contribution in [0.2, 0.25) is 0 Å². The lowest BCUT2D eigenvalue weighted by molar-refractivity contribution is 0.298. The van der Waals surface area contributed by atoms with Crippen LogP contribution in [0.1, 0.15) is 77.6 Å². The van der Waals surface area contributed by atoms with E-state index in [1.165, 1.54) is 81.5 Å². The van der Waals surface area contributed by atoms with Crippen LogP contribution < -0.4 is 5.32 Å². The molecule has 1 spiro atoms. The summed E-state index contributed by atoms with van der Waals surface area (Å²) >= 11 is 1.99. The summed E-state index contributed by atoms with van der Waals surface area (Å²) in [4.78, 5) is 5.05. The molecule has 1 heterocycles. The number of rotatable bonds is 3. The van der Waals surface area contributed by atoms with E-state index in [2.05, 4.69) is 12.2 Å². The summed E-state index contributed by atoms with van der Waals surface area (Å²) in [5.74, 6) is 2.25. The van der Waals surface area contributed by atoms with Gasteiger partial charge in [0.15, 0.2) is 5.17 Å². The maximum absolute atomic E-state index is 5.05. The van der Waals surface area contributed by atoms with Crippen LogP contribution in [0.15, 0.2) is 4.99 Å². The van der Waals surface area contributed by atoms with Crippen LogP contribution in [0, 0.1) is 5.92 Å². The van der Waals surface area contributed by atoms with Crippen molar-refractivity contribution in [3.8, 4) is 0 Å². The quantitative estimate of drug-likeness (QED) is 0.813. The molecule has 20 heavy (non-hydrogen) atoms. The summed E-state index contributed by atoms with van der Waals surface area (Å²) in [5, 5.41) is 5.07. The minimum absolute atomic E-state index is 0.418. The first kappa shape index (κ1) is 14.7. The maximum atomic E-state index is 5.05. The SMILES string of the molecule is CCCC1CCC(N=C2NC3(CCCCC3)CS2)CC1. The Kier molecular flexibility index (Phi) is 4.95. The molecule has 3 heteroatoms. The molecule has 3 fully saturated rings. The van der Waals surface area contributed by atoms with Gasteiger partial charge in [0.2, 0.25) is 0 Å². The van der Waals surface area contributed by atoms with Crippen molar-refractivity contribution in [2.24, 2.45) is 10.9 Å². The van der Waals surface area contributed by atoms with E-state index in [4.69, 9.17) is 4.99 Å². The topological polar surface area (TPSA) is 24.4 Å². The smallest absolute Gasteiger partial charge is 0.157 e. The number of nitrogens with one attached hydrogen (secondary N) is 1. The van der Waals surface area contributed by atoms with Crippen molar-refractivity contribution in [3.63, 3.8) is 0 Å². The molecule has 0 unspecified atom stereocenters. The molecule has 3 rings (SSSR count). The number of amidine groups is 1. The van der Waals surface area contributed by atoms with Gasteiger partial charge in [0.1, 0.15) is 0 Å². The minimum atomic E-state index is 0.418. The fourth-order valence-corrected chi connectivity index (χ4v) is 5.50. The zero-order valence-corrected chi connectivity index (χ0v) is 13.8. The molecule has 0 aromatic heterocycles. The summed E-state index contributed by atoms with van der Waals surface area (Å²) in [6.07, 6.45) is 15.2. The van der Waals surface area contributed by atoms with Crippen molar-refractivity contribution in [1.29, 1.82) is 0 Å². The monoisotopic (exact) mass is 294 g/mol. The second kappa shape index (κ2) is 6.72. The predicted octanol–water partition coefficient (Wildman–Crippen LogP) is 4.74. The number of hydrogen-bond acceptors (Lipinski definition) is 2. The lowest BCUT2D eigenvalue weighted by Gasteiger charge is -2.33. The third kappa shape index (κ3) is 3.52. The number of nitrogens with zero attached hydrogens (tertiary/aromatic N) is 1. The molecule has 0 atom stereocenters. The summed E-state index contributed by atoms with van der Waals surface area (Å²) in [7, 11) is 0. The second-order valence-corrected chi connectivity index (χ2v) is 8.12. The largest absolute Gasteiger partial charge is 0.359 e. The molecule has 0 amide bonds. The van der Waals surface area contributed by atoms with Gasteiger partial charge in [-0.3, -0.25) is 4.99 Å². The van der Waals surface area contributed by atoms with E-state index in [9.17, 15) is 0 Å². The lowest BCUT2D eigenvalue weighted by Crippen LogP contribution is -2.45. The first-order valence-electron chi connectivity index (χ1n) is 8.78. The van der Waals surface area contributed by atoms with Gasteiger partial charge in [0.05, 0.1) is 6.04 Å². The van der Waals surface area contributed by atoms with Gasteiger partial charge in [0.25, 0.3) is 0 Å². The van der Waals surface area contributed by atoms with Gasteiger partial charge in [-0.1, -0.05) is 50.8 Å². The molecule has 114 valence electrons. The summed E-state index contributed by atoms with van der Waals surface area (Å²) in [6.45, 7) is 2.31. The molecule has 1 aliphatic heterocycles. The van der Waals surface area contributed by atoms with Crippen LogP contribution in [0.5, 0.6) is 0 Å². The average molecular weight is 295 g/mol. The highest BCUT2D eigenvalue weighted by Gasteiger charge is 2.38. The van der Waals surface area contributed by atoms with Crippen LogP contribution in [0.25, 0.3) is 0 Å². The van der Waals surface area contributed by atoms with Gasteiger partial charge in [-0.15, -0.1) is 0 Å². The van der Waals surface area contributed by atoms with Gasteiger partial charge < -0.3 is 5.32 Å². The molecule has 2 saturated carbocycles. The van der Waals surface area contributed by atoms with E-state index < -0.39 is 0 Å². The molecule has 3 aliphatic rings. The zero-order valence-electron chi connectivity index (χ0n) is 13.0. The Morgan fingerprint density at radius 2 is 1.90 bits per heavy atom. The summed E-state index contributed by atoms with van der Waals surface area (Å²) in [6, 6.07) is 0.608. The molecule has 0 aromatic carbocycles. The van der Waals surface area contributed by atoms with Gasteiger partial charge in [0, 0.05) is 11.3 Å². The molecule has 2 nitrogen and oxygen atoms in total. The maximum Gasteiger partial charge on any atom is 0.157 e. The molecule has 1 saturated heterocycles. The van der Waals surface area contributed by atoms with E-state index in [-0.39, 0.29) is 0 Å². The molecular formula is C17H30N2S. The van der Waals surface area contributed by atoms with Crippen LogP contribution >= 0.6 is 11.8 Å². The summed E-state index contributed by atoms with van der Waals surface area (Å²) < 4.78 is 0. The Labute approximate surface area is 128 Å². The Hall–Kier alpha value is -0.180. The van der Waals surface area contributed by atoms with Crippen molar-refractivity contribution in [3.05, 3.63) is 0 Å². The van der Waals surface area contributed by atoms with Crippen LogP contribution in [0.4, 0.5) is 0 Å². The zero-order chi connectivity index (χ0) is 13.8. The van der Waals surface area contributed by atoms with E-state index in [1.54, 1.807) is 0 Å². The van der Waals surface area contributed by atoms with E-state index >= 15 is 0 Å². The number of aliphatic imine (C=N–C) groups is 1. The van der Waals surface area contributed by atoms with E-state index in [1.807, 2.05) is 11.8 Å². The van der Waals surface area contributed by atoms with Crippen molar-refractivity contribution in [2.75, 3.05) is 5.75 Å². The third-order valence-electron chi connectivity index (χ3n) is 5.48. The highest BCUT2D eigenvalue weighted by atomic mass is 32.2. The Morgan fingerprint density at radius 1 is 1.15 bits per heavy atom. The predicted molar refractivity (Wildman–Crippen MR) is 89.5 cm³/mol. The Morgan fingerprint density at radius 3 is 2.60 bits per heavy atom. The number of hydrogen-bond donors (Lipinski definition) is 1. The minimum Gasteiger partial charge on any atom is -0.359 e.